The SMILES string of the molecule is O=C(c1cccc2c1OCCN2)N(CCO)CCO. The van der Waals surface area contributed by atoms with Gasteiger partial charge < -0.3 is 25.2 Å². The van der Waals surface area contributed by atoms with Gasteiger partial charge in [-0.1, -0.05) is 6.07 Å². The summed E-state index contributed by atoms with van der Waals surface area (Å²) in [6, 6.07) is 5.33. The molecule has 104 valence electrons. The number of amides is 1. The average Bonchev–Trinajstić information content (AvgIpc) is 2.46. The van der Waals surface area contributed by atoms with Gasteiger partial charge in [0, 0.05) is 19.6 Å². The predicted octanol–water partition coefficient (Wildman–Crippen LogP) is -0.0823. The molecule has 3 N–H and O–H groups in total. The third-order valence-electron chi connectivity index (χ3n) is 2.94. The number of rotatable bonds is 5. The van der Waals surface area contributed by atoms with Crippen LogP contribution in [0.3, 0.4) is 0 Å². The lowest BCUT2D eigenvalue weighted by molar-refractivity contribution is 0.0680. The van der Waals surface area contributed by atoms with Crippen molar-refractivity contribution in [2.45, 2.75) is 0 Å². The van der Waals surface area contributed by atoms with Gasteiger partial charge in [-0.15, -0.1) is 0 Å². The van der Waals surface area contributed by atoms with Crippen molar-refractivity contribution >= 4 is 11.6 Å². The second kappa shape index (κ2) is 6.40. The van der Waals surface area contributed by atoms with Gasteiger partial charge in [0.2, 0.25) is 0 Å². The summed E-state index contributed by atoms with van der Waals surface area (Å²) in [5.74, 6) is 0.295. The van der Waals surface area contributed by atoms with E-state index in [2.05, 4.69) is 5.32 Å². The minimum atomic E-state index is -0.247. The molecule has 1 amide bonds. The summed E-state index contributed by atoms with van der Waals surface area (Å²) in [5.41, 5.74) is 1.25. The molecular formula is C13H18N2O4. The number of hydrogen-bond acceptors (Lipinski definition) is 5. The van der Waals surface area contributed by atoms with Crippen molar-refractivity contribution in [1.82, 2.24) is 4.90 Å². The molecule has 0 aliphatic carbocycles. The maximum atomic E-state index is 12.4. The Kier molecular flexibility index (Phi) is 4.59. The predicted molar refractivity (Wildman–Crippen MR) is 70.5 cm³/mol. The number of ether oxygens (including phenoxy) is 1. The number of nitrogens with one attached hydrogen (secondary N) is 1. The Morgan fingerprint density at radius 2 is 2.05 bits per heavy atom. The quantitative estimate of drug-likeness (QED) is 0.694. The number of nitrogens with zero attached hydrogens (tertiary/aromatic N) is 1. The molecule has 0 bridgehead atoms. The van der Waals surface area contributed by atoms with Crippen molar-refractivity contribution in [2.24, 2.45) is 0 Å². The van der Waals surface area contributed by atoms with Crippen LogP contribution in [-0.2, 0) is 0 Å². The van der Waals surface area contributed by atoms with Crippen LogP contribution in [0.5, 0.6) is 5.75 Å². The zero-order valence-electron chi connectivity index (χ0n) is 10.6. The Morgan fingerprint density at radius 1 is 1.32 bits per heavy atom. The van der Waals surface area contributed by atoms with Crippen molar-refractivity contribution in [3.05, 3.63) is 23.8 Å². The van der Waals surface area contributed by atoms with Crippen LogP contribution in [0.1, 0.15) is 10.4 Å². The first-order valence-electron chi connectivity index (χ1n) is 6.28. The van der Waals surface area contributed by atoms with Gasteiger partial charge in [0.25, 0.3) is 5.91 Å². The molecule has 0 saturated heterocycles. The van der Waals surface area contributed by atoms with Crippen LogP contribution < -0.4 is 10.1 Å². The Labute approximate surface area is 111 Å². The summed E-state index contributed by atoms with van der Waals surface area (Å²) in [7, 11) is 0. The fraction of sp³-hybridized carbons (Fsp3) is 0.462. The number of benzene rings is 1. The molecule has 19 heavy (non-hydrogen) atoms. The molecule has 0 spiro atoms. The zero-order chi connectivity index (χ0) is 13.7. The normalized spacial score (nSPS) is 13.2. The lowest BCUT2D eigenvalue weighted by Crippen LogP contribution is -2.36. The van der Waals surface area contributed by atoms with Crippen LogP contribution in [0.4, 0.5) is 5.69 Å². The Bertz CT molecular complexity index is 444. The number of fused-ring (bicyclic) bond motifs is 1. The van der Waals surface area contributed by atoms with Gasteiger partial charge in [-0.3, -0.25) is 4.79 Å². The molecule has 0 unspecified atom stereocenters. The van der Waals surface area contributed by atoms with Crippen LogP contribution in [-0.4, -0.2) is 60.5 Å². The minimum Gasteiger partial charge on any atom is -0.489 e. The maximum absolute atomic E-state index is 12.4. The summed E-state index contributed by atoms with van der Waals surface area (Å²) in [5, 5.41) is 21.1. The van der Waals surface area contributed by atoms with Crippen molar-refractivity contribution in [1.29, 1.82) is 0 Å². The third-order valence-corrected chi connectivity index (χ3v) is 2.94. The maximum Gasteiger partial charge on any atom is 0.257 e. The molecule has 1 aromatic rings. The van der Waals surface area contributed by atoms with Crippen molar-refractivity contribution < 1.29 is 19.7 Å². The highest BCUT2D eigenvalue weighted by Crippen LogP contribution is 2.31. The van der Waals surface area contributed by atoms with E-state index >= 15 is 0 Å². The van der Waals surface area contributed by atoms with E-state index in [-0.39, 0.29) is 32.2 Å². The number of carbonyl (C=O) groups excluding carboxylic acids is 1. The van der Waals surface area contributed by atoms with E-state index in [4.69, 9.17) is 14.9 Å². The van der Waals surface area contributed by atoms with Crippen LogP contribution in [0.15, 0.2) is 18.2 Å². The average molecular weight is 266 g/mol. The lowest BCUT2D eigenvalue weighted by Gasteiger charge is -2.25. The van der Waals surface area contributed by atoms with Gasteiger partial charge in [0.05, 0.1) is 24.5 Å². The molecule has 0 fully saturated rings. The molecule has 0 aromatic heterocycles. The standard InChI is InChI=1S/C13H18N2O4/c16-7-5-15(6-8-17)13(18)10-2-1-3-11-12(10)19-9-4-14-11/h1-3,14,16-17H,4-9H2. The number of anilines is 1. The molecule has 0 radical (unpaired) electrons. The van der Waals surface area contributed by atoms with E-state index in [0.29, 0.717) is 24.5 Å². The number of hydrogen-bond donors (Lipinski definition) is 3. The monoisotopic (exact) mass is 266 g/mol. The van der Waals surface area contributed by atoms with Gasteiger partial charge in [-0.05, 0) is 12.1 Å². The first-order valence-corrected chi connectivity index (χ1v) is 6.28. The second-order valence-electron chi connectivity index (χ2n) is 4.20. The molecule has 0 atom stereocenters. The lowest BCUT2D eigenvalue weighted by atomic mass is 10.1. The van der Waals surface area contributed by atoms with E-state index < -0.39 is 0 Å². The highest BCUT2D eigenvalue weighted by molar-refractivity contribution is 5.99. The molecule has 0 saturated carbocycles. The highest BCUT2D eigenvalue weighted by atomic mass is 16.5. The number of carbonyl (C=O) groups is 1. The first-order chi connectivity index (χ1) is 9.27. The van der Waals surface area contributed by atoms with Crippen molar-refractivity contribution in [3.8, 4) is 5.75 Å². The minimum absolute atomic E-state index is 0.139. The number of para-hydroxylation sites is 1. The molecule has 1 heterocycles. The topological polar surface area (TPSA) is 82.0 Å². The van der Waals surface area contributed by atoms with E-state index in [1.807, 2.05) is 6.07 Å². The number of aliphatic hydroxyl groups excluding tert-OH is 2. The summed E-state index contributed by atoms with van der Waals surface area (Å²) in [4.78, 5) is 13.8. The van der Waals surface area contributed by atoms with Crippen LogP contribution in [0, 0.1) is 0 Å². The van der Waals surface area contributed by atoms with Crippen LogP contribution in [0.2, 0.25) is 0 Å². The van der Waals surface area contributed by atoms with Crippen molar-refractivity contribution in [3.63, 3.8) is 0 Å². The Balaban J connectivity index is 2.27. The molecule has 1 aliphatic rings. The summed E-state index contributed by atoms with van der Waals surface area (Å²) in [6.07, 6.45) is 0. The van der Waals surface area contributed by atoms with Crippen LogP contribution in [0.25, 0.3) is 0 Å². The van der Waals surface area contributed by atoms with Gasteiger partial charge in [-0.25, -0.2) is 0 Å². The van der Waals surface area contributed by atoms with E-state index in [9.17, 15) is 4.79 Å². The van der Waals surface area contributed by atoms with E-state index in [0.717, 1.165) is 5.69 Å². The summed E-state index contributed by atoms with van der Waals surface area (Å²) < 4.78 is 5.55. The third kappa shape index (κ3) is 2.97. The fourth-order valence-corrected chi connectivity index (χ4v) is 2.07. The molecule has 6 nitrogen and oxygen atoms in total. The number of aliphatic hydroxyl groups is 2. The largest absolute Gasteiger partial charge is 0.489 e. The van der Waals surface area contributed by atoms with Crippen LogP contribution >= 0.6 is 0 Å². The van der Waals surface area contributed by atoms with Gasteiger partial charge >= 0.3 is 0 Å². The molecule has 6 heteroatoms. The van der Waals surface area contributed by atoms with Gasteiger partial charge in [0.15, 0.2) is 5.75 Å². The second-order valence-corrected chi connectivity index (χ2v) is 4.20. The summed E-state index contributed by atoms with van der Waals surface area (Å²) in [6.45, 7) is 1.33. The molecule has 1 aliphatic heterocycles. The van der Waals surface area contributed by atoms with E-state index in [1.165, 1.54) is 4.90 Å². The van der Waals surface area contributed by atoms with Gasteiger partial charge in [-0.2, -0.15) is 0 Å². The molecule has 1 aromatic carbocycles. The summed E-state index contributed by atoms with van der Waals surface area (Å²) >= 11 is 0. The molecule has 2 rings (SSSR count). The zero-order valence-corrected chi connectivity index (χ0v) is 10.6. The smallest absolute Gasteiger partial charge is 0.257 e. The Morgan fingerprint density at radius 3 is 2.74 bits per heavy atom. The fourth-order valence-electron chi connectivity index (χ4n) is 2.07. The first kappa shape index (κ1) is 13.6. The van der Waals surface area contributed by atoms with E-state index in [1.54, 1.807) is 12.1 Å². The van der Waals surface area contributed by atoms with Gasteiger partial charge in [0.1, 0.15) is 6.61 Å². The Hall–Kier alpha value is -1.79. The highest BCUT2D eigenvalue weighted by Gasteiger charge is 2.22. The van der Waals surface area contributed by atoms with Crippen molar-refractivity contribution in [2.75, 3.05) is 44.8 Å². The molecular weight excluding hydrogens is 248 g/mol.